The number of hydrogen-bond acceptors (Lipinski definition) is 1. The molecule has 1 aromatic carbocycles. The Balaban J connectivity index is 2.75. The SMILES string of the molecule is COc1ccccc1CC(Cl)C(C)C. The molecule has 0 aromatic heterocycles. The van der Waals surface area contributed by atoms with Crippen LogP contribution in [0.4, 0.5) is 0 Å². The average Bonchev–Trinajstić information content (AvgIpc) is 2.18. The summed E-state index contributed by atoms with van der Waals surface area (Å²) < 4.78 is 5.27. The first-order valence-electron chi connectivity index (χ1n) is 4.91. The predicted molar refractivity (Wildman–Crippen MR) is 61.2 cm³/mol. The summed E-state index contributed by atoms with van der Waals surface area (Å²) >= 11 is 6.22. The molecule has 0 fully saturated rings. The Hall–Kier alpha value is -0.690. The molecule has 0 heterocycles. The molecule has 1 unspecified atom stereocenters. The number of rotatable bonds is 4. The number of para-hydroxylation sites is 1. The highest BCUT2D eigenvalue weighted by Crippen LogP contribution is 2.23. The van der Waals surface area contributed by atoms with Gasteiger partial charge in [-0.05, 0) is 24.0 Å². The highest BCUT2D eigenvalue weighted by Gasteiger charge is 2.12. The van der Waals surface area contributed by atoms with Crippen LogP contribution in [0.5, 0.6) is 5.75 Å². The molecule has 0 aliphatic rings. The third-order valence-corrected chi connectivity index (χ3v) is 2.99. The van der Waals surface area contributed by atoms with Crippen LogP contribution in [-0.2, 0) is 6.42 Å². The first-order chi connectivity index (χ1) is 6.65. The molecule has 0 bridgehead atoms. The van der Waals surface area contributed by atoms with E-state index in [1.165, 1.54) is 5.56 Å². The molecule has 0 aliphatic heterocycles. The highest BCUT2D eigenvalue weighted by atomic mass is 35.5. The lowest BCUT2D eigenvalue weighted by Crippen LogP contribution is -2.11. The Morgan fingerprint density at radius 3 is 2.50 bits per heavy atom. The molecule has 1 rings (SSSR count). The Morgan fingerprint density at radius 1 is 1.29 bits per heavy atom. The first-order valence-corrected chi connectivity index (χ1v) is 5.34. The average molecular weight is 213 g/mol. The molecular formula is C12H17ClO. The minimum absolute atomic E-state index is 0.172. The number of benzene rings is 1. The van der Waals surface area contributed by atoms with Gasteiger partial charge in [-0.25, -0.2) is 0 Å². The second-order valence-corrected chi connectivity index (χ2v) is 4.34. The third-order valence-electron chi connectivity index (χ3n) is 2.33. The van der Waals surface area contributed by atoms with Gasteiger partial charge in [0.05, 0.1) is 7.11 Å². The largest absolute Gasteiger partial charge is 0.496 e. The van der Waals surface area contributed by atoms with Gasteiger partial charge in [0.15, 0.2) is 0 Å². The van der Waals surface area contributed by atoms with Gasteiger partial charge in [-0.15, -0.1) is 11.6 Å². The van der Waals surface area contributed by atoms with Crippen LogP contribution in [-0.4, -0.2) is 12.5 Å². The molecule has 0 amide bonds. The van der Waals surface area contributed by atoms with E-state index in [1.807, 2.05) is 18.2 Å². The van der Waals surface area contributed by atoms with E-state index in [1.54, 1.807) is 7.11 Å². The van der Waals surface area contributed by atoms with Crippen LogP contribution in [0.1, 0.15) is 19.4 Å². The number of methoxy groups -OCH3 is 1. The summed E-state index contributed by atoms with van der Waals surface area (Å²) in [7, 11) is 1.69. The van der Waals surface area contributed by atoms with Crippen molar-refractivity contribution < 1.29 is 4.74 Å². The van der Waals surface area contributed by atoms with E-state index in [2.05, 4.69) is 19.9 Å². The molecule has 0 saturated carbocycles. The summed E-state index contributed by atoms with van der Waals surface area (Å²) in [5.74, 6) is 1.42. The number of ether oxygens (including phenoxy) is 1. The van der Waals surface area contributed by atoms with Crippen LogP contribution in [0.25, 0.3) is 0 Å². The topological polar surface area (TPSA) is 9.23 Å². The molecule has 1 aromatic rings. The van der Waals surface area contributed by atoms with Crippen molar-refractivity contribution in [1.82, 2.24) is 0 Å². The standard InChI is InChI=1S/C12H17ClO/c1-9(2)11(13)8-10-6-4-5-7-12(10)14-3/h4-7,9,11H,8H2,1-3H3. The van der Waals surface area contributed by atoms with Gasteiger partial charge in [0, 0.05) is 5.38 Å². The van der Waals surface area contributed by atoms with Gasteiger partial charge in [0.25, 0.3) is 0 Å². The van der Waals surface area contributed by atoms with Crippen molar-refractivity contribution in [3.05, 3.63) is 29.8 Å². The Kier molecular flexibility index (Phi) is 4.27. The minimum atomic E-state index is 0.172. The summed E-state index contributed by atoms with van der Waals surface area (Å²) in [6.07, 6.45) is 0.864. The smallest absolute Gasteiger partial charge is 0.122 e. The molecule has 0 spiro atoms. The van der Waals surface area contributed by atoms with Gasteiger partial charge in [-0.2, -0.15) is 0 Å². The van der Waals surface area contributed by atoms with Gasteiger partial charge in [0.1, 0.15) is 5.75 Å². The summed E-state index contributed by atoms with van der Waals surface area (Å²) in [4.78, 5) is 0. The summed E-state index contributed by atoms with van der Waals surface area (Å²) in [5.41, 5.74) is 1.18. The Bertz CT molecular complexity index is 283. The Labute approximate surface area is 91.0 Å². The molecule has 0 aliphatic carbocycles. The fourth-order valence-corrected chi connectivity index (χ4v) is 1.48. The molecule has 14 heavy (non-hydrogen) atoms. The van der Waals surface area contributed by atoms with Crippen molar-refractivity contribution in [2.45, 2.75) is 25.6 Å². The van der Waals surface area contributed by atoms with Crippen LogP contribution >= 0.6 is 11.6 Å². The molecule has 78 valence electrons. The van der Waals surface area contributed by atoms with Crippen molar-refractivity contribution in [2.24, 2.45) is 5.92 Å². The number of hydrogen-bond donors (Lipinski definition) is 0. The van der Waals surface area contributed by atoms with E-state index < -0.39 is 0 Å². The second kappa shape index (κ2) is 5.26. The summed E-state index contributed by atoms with van der Waals surface area (Å²) in [5, 5.41) is 0.172. The maximum absolute atomic E-state index is 6.22. The van der Waals surface area contributed by atoms with E-state index in [9.17, 15) is 0 Å². The van der Waals surface area contributed by atoms with Gasteiger partial charge in [0.2, 0.25) is 0 Å². The molecular weight excluding hydrogens is 196 g/mol. The van der Waals surface area contributed by atoms with Crippen molar-refractivity contribution in [3.63, 3.8) is 0 Å². The normalized spacial score (nSPS) is 12.9. The monoisotopic (exact) mass is 212 g/mol. The van der Waals surface area contributed by atoms with E-state index in [-0.39, 0.29) is 5.38 Å². The third kappa shape index (κ3) is 2.91. The zero-order chi connectivity index (χ0) is 10.6. The zero-order valence-corrected chi connectivity index (χ0v) is 9.71. The van der Waals surface area contributed by atoms with E-state index >= 15 is 0 Å². The van der Waals surface area contributed by atoms with Crippen molar-refractivity contribution >= 4 is 11.6 Å². The fourth-order valence-electron chi connectivity index (χ4n) is 1.32. The lowest BCUT2D eigenvalue weighted by molar-refractivity contribution is 0.408. The minimum Gasteiger partial charge on any atom is -0.496 e. The summed E-state index contributed by atoms with van der Waals surface area (Å²) in [6.45, 7) is 4.26. The molecule has 0 radical (unpaired) electrons. The van der Waals surface area contributed by atoms with Crippen LogP contribution < -0.4 is 4.74 Å². The first kappa shape index (κ1) is 11.4. The van der Waals surface area contributed by atoms with Gasteiger partial charge < -0.3 is 4.74 Å². The maximum Gasteiger partial charge on any atom is 0.122 e. The van der Waals surface area contributed by atoms with Gasteiger partial charge in [-0.3, -0.25) is 0 Å². The lowest BCUT2D eigenvalue weighted by Gasteiger charge is -2.15. The molecule has 0 saturated heterocycles. The van der Waals surface area contributed by atoms with Crippen LogP contribution in [0.15, 0.2) is 24.3 Å². The van der Waals surface area contributed by atoms with Gasteiger partial charge in [-0.1, -0.05) is 32.0 Å². The van der Waals surface area contributed by atoms with Crippen molar-refractivity contribution in [1.29, 1.82) is 0 Å². The van der Waals surface area contributed by atoms with Crippen molar-refractivity contribution in [3.8, 4) is 5.75 Å². The molecule has 2 heteroatoms. The quantitative estimate of drug-likeness (QED) is 0.695. The number of alkyl halides is 1. The number of halogens is 1. The second-order valence-electron chi connectivity index (χ2n) is 3.78. The van der Waals surface area contributed by atoms with E-state index in [4.69, 9.17) is 16.3 Å². The summed E-state index contributed by atoms with van der Waals surface area (Å²) in [6, 6.07) is 8.03. The fraction of sp³-hybridized carbons (Fsp3) is 0.500. The zero-order valence-electron chi connectivity index (χ0n) is 8.96. The maximum atomic E-state index is 6.22. The van der Waals surface area contributed by atoms with Crippen LogP contribution in [0.2, 0.25) is 0 Å². The van der Waals surface area contributed by atoms with Crippen LogP contribution in [0, 0.1) is 5.92 Å². The molecule has 1 nitrogen and oxygen atoms in total. The van der Waals surface area contributed by atoms with Crippen LogP contribution in [0.3, 0.4) is 0 Å². The lowest BCUT2D eigenvalue weighted by atomic mass is 10.0. The molecule has 0 N–H and O–H groups in total. The van der Waals surface area contributed by atoms with E-state index in [0.717, 1.165) is 12.2 Å². The highest BCUT2D eigenvalue weighted by molar-refractivity contribution is 6.20. The molecule has 1 atom stereocenters. The predicted octanol–water partition coefficient (Wildman–Crippen LogP) is 3.50. The van der Waals surface area contributed by atoms with Crippen molar-refractivity contribution in [2.75, 3.05) is 7.11 Å². The Morgan fingerprint density at radius 2 is 1.93 bits per heavy atom. The van der Waals surface area contributed by atoms with Gasteiger partial charge >= 0.3 is 0 Å². The van der Waals surface area contributed by atoms with E-state index in [0.29, 0.717) is 5.92 Å².